The van der Waals surface area contributed by atoms with Crippen molar-refractivity contribution < 1.29 is 9.13 Å². The zero-order valence-electron chi connectivity index (χ0n) is 12.7. The van der Waals surface area contributed by atoms with E-state index in [1.54, 1.807) is 12.4 Å². The number of aromatic nitrogens is 4. The Labute approximate surface area is 142 Å². The van der Waals surface area contributed by atoms with Crippen molar-refractivity contribution in [3.8, 4) is 0 Å². The normalized spacial score (nSPS) is 17.5. The number of rotatable bonds is 4. The summed E-state index contributed by atoms with van der Waals surface area (Å²) in [5, 5.41) is 3.37. The summed E-state index contributed by atoms with van der Waals surface area (Å²) in [4.78, 5) is 13.0. The zero-order valence-corrected chi connectivity index (χ0v) is 13.5. The average molecular weight is 348 g/mol. The molecule has 3 heterocycles. The molecule has 1 atom stereocenters. The fourth-order valence-electron chi connectivity index (χ4n) is 2.83. The van der Waals surface area contributed by atoms with Crippen molar-refractivity contribution in [3.05, 3.63) is 41.7 Å². The molecule has 0 bridgehead atoms. The minimum atomic E-state index is -0.390. The first-order chi connectivity index (χ1) is 11.7. The van der Waals surface area contributed by atoms with Crippen LogP contribution in [0.1, 0.15) is 12.8 Å². The van der Waals surface area contributed by atoms with Crippen LogP contribution in [0.2, 0.25) is 5.02 Å². The van der Waals surface area contributed by atoms with Gasteiger partial charge >= 0.3 is 0 Å². The number of hydrogen-bond donors (Lipinski definition) is 1. The van der Waals surface area contributed by atoms with Gasteiger partial charge in [0.05, 0.1) is 29.7 Å². The third-order valence-electron chi connectivity index (χ3n) is 4.01. The van der Waals surface area contributed by atoms with E-state index in [1.807, 2.05) is 4.57 Å². The highest BCUT2D eigenvalue weighted by atomic mass is 35.5. The van der Waals surface area contributed by atoms with Gasteiger partial charge in [0.15, 0.2) is 17.0 Å². The van der Waals surface area contributed by atoms with Gasteiger partial charge < -0.3 is 14.6 Å². The van der Waals surface area contributed by atoms with Gasteiger partial charge in [-0.3, -0.25) is 0 Å². The molecule has 1 N–H and O–H groups in total. The summed E-state index contributed by atoms with van der Waals surface area (Å²) >= 11 is 6.06. The summed E-state index contributed by atoms with van der Waals surface area (Å²) in [6, 6.07) is 4.15. The third-order valence-corrected chi connectivity index (χ3v) is 4.32. The molecule has 1 aromatic carbocycles. The lowest BCUT2D eigenvalue weighted by atomic mass is 10.2. The van der Waals surface area contributed by atoms with Crippen LogP contribution >= 0.6 is 11.6 Å². The van der Waals surface area contributed by atoms with Crippen LogP contribution in [0.4, 0.5) is 15.9 Å². The number of nitrogens with zero attached hydrogens (tertiary/aromatic N) is 4. The molecular weight excluding hydrogens is 333 g/mol. The van der Waals surface area contributed by atoms with E-state index in [2.05, 4.69) is 20.3 Å². The molecule has 3 aromatic rings. The molecule has 1 saturated heterocycles. The van der Waals surface area contributed by atoms with Crippen molar-refractivity contribution in [2.75, 3.05) is 11.9 Å². The van der Waals surface area contributed by atoms with E-state index in [0.29, 0.717) is 23.6 Å². The standard InChI is InChI=1S/C16H15ClFN5O/c17-12-6-10(18)3-4-13(12)22-15-14-16(20-8-19-15)23(9-21-14)7-11-2-1-5-24-11/h3-4,6,8-9,11H,1-2,5,7H2,(H,19,20,22). The average Bonchev–Trinajstić information content (AvgIpc) is 3.21. The van der Waals surface area contributed by atoms with Crippen LogP contribution in [-0.2, 0) is 11.3 Å². The summed E-state index contributed by atoms with van der Waals surface area (Å²) in [5.41, 5.74) is 1.92. The Kier molecular flexibility index (Phi) is 4.03. The van der Waals surface area contributed by atoms with Crippen LogP contribution in [-0.4, -0.2) is 32.2 Å². The van der Waals surface area contributed by atoms with Crippen LogP contribution in [0, 0.1) is 5.82 Å². The molecule has 0 aliphatic carbocycles. The smallest absolute Gasteiger partial charge is 0.165 e. The van der Waals surface area contributed by atoms with Gasteiger partial charge in [-0.15, -0.1) is 0 Å². The number of hydrogen-bond acceptors (Lipinski definition) is 5. The van der Waals surface area contributed by atoms with E-state index in [9.17, 15) is 4.39 Å². The van der Waals surface area contributed by atoms with Gasteiger partial charge in [-0.1, -0.05) is 11.6 Å². The van der Waals surface area contributed by atoms with Crippen molar-refractivity contribution >= 4 is 34.3 Å². The van der Waals surface area contributed by atoms with Gasteiger partial charge in [0.25, 0.3) is 0 Å². The Bertz CT molecular complexity index is 878. The highest BCUT2D eigenvalue weighted by Gasteiger charge is 2.18. The molecule has 1 fully saturated rings. The van der Waals surface area contributed by atoms with E-state index < -0.39 is 0 Å². The zero-order chi connectivity index (χ0) is 16.5. The van der Waals surface area contributed by atoms with Crippen molar-refractivity contribution in [2.45, 2.75) is 25.5 Å². The van der Waals surface area contributed by atoms with Gasteiger partial charge in [-0.25, -0.2) is 19.3 Å². The molecule has 2 aromatic heterocycles. The van der Waals surface area contributed by atoms with Crippen molar-refractivity contribution in [2.24, 2.45) is 0 Å². The fraction of sp³-hybridized carbons (Fsp3) is 0.312. The molecule has 0 amide bonds. The van der Waals surface area contributed by atoms with E-state index in [-0.39, 0.29) is 16.9 Å². The predicted octanol–water partition coefficient (Wildman–Crippen LogP) is 3.54. The minimum absolute atomic E-state index is 0.195. The minimum Gasteiger partial charge on any atom is -0.376 e. The predicted molar refractivity (Wildman–Crippen MR) is 89.0 cm³/mol. The van der Waals surface area contributed by atoms with Crippen LogP contribution in [0.3, 0.4) is 0 Å². The Morgan fingerprint density at radius 1 is 1.33 bits per heavy atom. The number of nitrogens with one attached hydrogen (secondary N) is 1. The lowest BCUT2D eigenvalue weighted by Crippen LogP contribution is -2.14. The Hall–Kier alpha value is -2.25. The molecule has 0 spiro atoms. The maximum absolute atomic E-state index is 13.2. The van der Waals surface area contributed by atoms with Gasteiger partial charge in [-0.2, -0.15) is 0 Å². The number of fused-ring (bicyclic) bond motifs is 1. The molecular formula is C16H15ClFN5O. The monoisotopic (exact) mass is 347 g/mol. The van der Waals surface area contributed by atoms with Gasteiger partial charge in [0, 0.05) is 6.61 Å². The summed E-state index contributed by atoms with van der Waals surface area (Å²) in [6.07, 6.45) is 5.53. The highest BCUT2D eigenvalue weighted by Crippen LogP contribution is 2.28. The second kappa shape index (κ2) is 6.33. The summed E-state index contributed by atoms with van der Waals surface area (Å²) in [5.74, 6) is 0.138. The van der Waals surface area contributed by atoms with Crippen molar-refractivity contribution in [1.82, 2.24) is 19.5 Å². The molecule has 6 nitrogen and oxygen atoms in total. The summed E-state index contributed by atoms with van der Waals surface area (Å²) in [6.45, 7) is 1.52. The molecule has 1 aliphatic heterocycles. The summed E-state index contributed by atoms with van der Waals surface area (Å²) < 4.78 is 20.8. The summed E-state index contributed by atoms with van der Waals surface area (Å²) in [7, 11) is 0. The number of benzene rings is 1. The molecule has 124 valence electrons. The van der Waals surface area contributed by atoms with Crippen LogP contribution in [0.15, 0.2) is 30.9 Å². The van der Waals surface area contributed by atoms with E-state index in [1.165, 1.54) is 18.5 Å². The molecule has 4 rings (SSSR count). The molecule has 1 unspecified atom stereocenters. The lowest BCUT2D eigenvalue weighted by Gasteiger charge is -2.11. The van der Waals surface area contributed by atoms with E-state index in [4.69, 9.17) is 16.3 Å². The van der Waals surface area contributed by atoms with Crippen LogP contribution < -0.4 is 5.32 Å². The van der Waals surface area contributed by atoms with Gasteiger partial charge in [0.2, 0.25) is 0 Å². The molecule has 0 radical (unpaired) electrons. The van der Waals surface area contributed by atoms with Crippen LogP contribution in [0.25, 0.3) is 11.2 Å². The van der Waals surface area contributed by atoms with E-state index >= 15 is 0 Å². The Balaban J connectivity index is 1.65. The second-order valence-electron chi connectivity index (χ2n) is 5.68. The number of anilines is 2. The number of ether oxygens (including phenoxy) is 1. The SMILES string of the molecule is Fc1ccc(Nc2ncnc3c2ncn3CC2CCCO2)c(Cl)c1. The Morgan fingerprint density at radius 3 is 3.04 bits per heavy atom. The largest absolute Gasteiger partial charge is 0.376 e. The molecule has 24 heavy (non-hydrogen) atoms. The van der Waals surface area contributed by atoms with Gasteiger partial charge in [-0.05, 0) is 31.0 Å². The molecule has 1 aliphatic rings. The van der Waals surface area contributed by atoms with Crippen LogP contribution in [0.5, 0.6) is 0 Å². The Morgan fingerprint density at radius 2 is 2.25 bits per heavy atom. The third kappa shape index (κ3) is 2.92. The van der Waals surface area contributed by atoms with Gasteiger partial charge in [0.1, 0.15) is 12.1 Å². The molecule has 8 heteroatoms. The topological polar surface area (TPSA) is 64.9 Å². The first kappa shape index (κ1) is 15.3. The van der Waals surface area contributed by atoms with Crippen molar-refractivity contribution in [1.29, 1.82) is 0 Å². The molecule has 0 saturated carbocycles. The number of halogens is 2. The lowest BCUT2D eigenvalue weighted by molar-refractivity contribution is 0.0978. The van der Waals surface area contributed by atoms with Crippen molar-refractivity contribution in [3.63, 3.8) is 0 Å². The first-order valence-electron chi connectivity index (χ1n) is 7.70. The highest BCUT2D eigenvalue weighted by molar-refractivity contribution is 6.33. The number of imidazole rings is 1. The van der Waals surface area contributed by atoms with E-state index in [0.717, 1.165) is 25.1 Å². The first-order valence-corrected chi connectivity index (χ1v) is 8.08. The maximum atomic E-state index is 13.2. The quantitative estimate of drug-likeness (QED) is 0.782. The second-order valence-corrected chi connectivity index (χ2v) is 6.08. The maximum Gasteiger partial charge on any atom is 0.165 e. The fourth-order valence-corrected chi connectivity index (χ4v) is 3.05.